The zero-order valence-electron chi connectivity index (χ0n) is 7.80. The van der Waals surface area contributed by atoms with Gasteiger partial charge in [0.25, 0.3) is 0 Å². The Hall–Kier alpha value is -0.510. The zero-order chi connectivity index (χ0) is 10.6. The molecule has 5 heteroatoms. The molecular formula is C9H12Cl2N2O. The molecule has 1 aromatic heterocycles. The van der Waals surface area contributed by atoms with Crippen molar-refractivity contribution in [3.63, 3.8) is 0 Å². The predicted molar refractivity (Wildman–Crippen MR) is 59.0 cm³/mol. The third-order valence-electron chi connectivity index (χ3n) is 1.86. The van der Waals surface area contributed by atoms with Crippen LogP contribution in [0.15, 0.2) is 12.3 Å². The average Bonchev–Trinajstić information content (AvgIpc) is 2.17. The Morgan fingerprint density at radius 3 is 2.79 bits per heavy atom. The predicted octanol–water partition coefficient (Wildman–Crippen LogP) is 2.57. The number of hydrogen-bond acceptors (Lipinski definition) is 3. The molecule has 0 aliphatic heterocycles. The average molecular weight is 235 g/mol. The van der Waals surface area contributed by atoms with Gasteiger partial charge < -0.3 is 10.4 Å². The molecular weight excluding hydrogens is 223 g/mol. The van der Waals surface area contributed by atoms with Gasteiger partial charge in [0.2, 0.25) is 0 Å². The highest BCUT2D eigenvalue weighted by Crippen LogP contribution is 2.23. The maximum Gasteiger partial charge on any atom is 0.145 e. The van der Waals surface area contributed by atoms with Crippen molar-refractivity contribution in [1.29, 1.82) is 0 Å². The minimum Gasteiger partial charge on any atom is -0.394 e. The van der Waals surface area contributed by atoms with E-state index < -0.39 is 0 Å². The third-order valence-corrected chi connectivity index (χ3v) is 2.36. The van der Waals surface area contributed by atoms with Gasteiger partial charge in [-0.25, -0.2) is 4.98 Å². The summed E-state index contributed by atoms with van der Waals surface area (Å²) in [5.41, 5.74) is 0. The highest BCUT2D eigenvalue weighted by Gasteiger charge is 2.08. The normalized spacial score (nSPS) is 12.6. The van der Waals surface area contributed by atoms with Crippen LogP contribution in [0.2, 0.25) is 10.0 Å². The van der Waals surface area contributed by atoms with Gasteiger partial charge in [-0.3, -0.25) is 0 Å². The smallest absolute Gasteiger partial charge is 0.145 e. The van der Waals surface area contributed by atoms with Crippen molar-refractivity contribution < 1.29 is 5.11 Å². The van der Waals surface area contributed by atoms with Crippen LogP contribution in [-0.4, -0.2) is 22.7 Å². The molecule has 14 heavy (non-hydrogen) atoms. The third kappa shape index (κ3) is 3.01. The number of nitrogens with one attached hydrogen (secondary N) is 1. The molecule has 1 aromatic rings. The molecule has 0 aliphatic carbocycles. The SMILES string of the molecule is CCC(CO)Nc1ncc(Cl)cc1Cl. The van der Waals surface area contributed by atoms with Crippen LogP contribution in [-0.2, 0) is 0 Å². The number of anilines is 1. The minimum atomic E-state index is -0.0267. The fourth-order valence-electron chi connectivity index (χ4n) is 0.991. The number of aromatic nitrogens is 1. The summed E-state index contributed by atoms with van der Waals surface area (Å²) in [6.45, 7) is 2.02. The summed E-state index contributed by atoms with van der Waals surface area (Å²) < 4.78 is 0. The first-order valence-corrected chi connectivity index (χ1v) is 5.11. The molecule has 0 aromatic carbocycles. The Kier molecular flexibility index (Phi) is 4.45. The quantitative estimate of drug-likeness (QED) is 0.842. The largest absolute Gasteiger partial charge is 0.394 e. The summed E-state index contributed by atoms with van der Waals surface area (Å²) >= 11 is 11.6. The van der Waals surface area contributed by atoms with Crippen molar-refractivity contribution in [2.75, 3.05) is 11.9 Å². The topological polar surface area (TPSA) is 45.1 Å². The molecule has 0 saturated carbocycles. The van der Waals surface area contributed by atoms with Gasteiger partial charge in [-0.15, -0.1) is 0 Å². The van der Waals surface area contributed by atoms with E-state index in [1.165, 1.54) is 6.20 Å². The standard InChI is InChI=1S/C9H12Cl2N2O/c1-2-7(5-14)13-9-8(11)3-6(10)4-12-9/h3-4,7,14H,2,5H2,1H3,(H,12,13). The van der Waals surface area contributed by atoms with Crippen molar-refractivity contribution in [3.8, 4) is 0 Å². The summed E-state index contributed by atoms with van der Waals surface area (Å²) in [5.74, 6) is 0.553. The Balaban J connectivity index is 2.76. The molecule has 1 unspecified atom stereocenters. The second-order valence-electron chi connectivity index (χ2n) is 2.92. The highest BCUT2D eigenvalue weighted by molar-refractivity contribution is 6.35. The molecule has 78 valence electrons. The first kappa shape index (κ1) is 11.6. The van der Waals surface area contributed by atoms with Crippen molar-refractivity contribution >= 4 is 29.0 Å². The van der Waals surface area contributed by atoms with Gasteiger partial charge in [0.05, 0.1) is 22.7 Å². The maximum absolute atomic E-state index is 8.97. The number of rotatable bonds is 4. The van der Waals surface area contributed by atoms with E-state index in [4.69, 9.17) is 28.3 Å². The van der Waals surface area contributed by atoms with Crippen molar-refractivity contribution in [1.82, 2.24) is 4.98 Å². The number of aliphatic hydroxyl groups excluding tert-OH is 1. The van der Waals surface area contributed by atoms with Crippen molar-refractivity contribution in [2.45, 2.75) is 19.4 Å². The molecule has 0 amide bonds. The van der Waals surface area contributed by atoms with Crippen LogP contribution in [0.3, 0.4) is 0 Å². The van der Waals surface area contributed by atoms with E-state index >= 15 is 0 Å². The second kappa shape index (κ2) is 5.39. The van der Waals surface area contributed by atoms with E-state index in [2.05, 4.69) is 10.3 Å². The van der Waals surface area contributed by atoms with Gasteiger partial charge in [-0.2, -0.15) is 0 Å². The van der Waals surface area contributed by atoms with E-state index in [1.54, 1.807) is 6.07 Å². The fourth-order valence-corrected chi connectivity index (χ4v) is 1.43. The molecule has 1 atom stereocenters. The second-order valence-corrected chi connectivity index (χ2v) is 3.76. The molecule has 0 saturated heterocycles. The first-order chi connectivity index (χ1) is 6.67. The van der Waals surface area contributed by atoms with E-state index in [0.717, 1.165) is 6.42 Å². The lowest BCUT2D eigenvalue weighted by molar-refractivity contribution is 0.271. The first-order valence-electron chi connectivity index (χ1n) is 4.35. The number of pyridine rings is 1. The lowest BCUT2D eigenvalue weighted by atomic mass is 10.2. The lowest BCUT2D eigenvalue weighted by Crippen LogP contribution is -2.23. The number of hydrogen-bond donors (Lipinski definition) is 2. The highest BCUT2D eigenvalue weighted by atomic mass is 35.5. The molecule has 0 fully saturated rings. The zero-order valence-corrected chi connectivity index (χ0v) is 9.31. The van der Waals surface area contributed by atoms with E-state index in [9.17, 15) is 0 Å². The number of aliphatic hydroxyl groups is 1. The maximum atomic E-state index is 8.97. The summed E-state index contributed by atoms with van der Waals surface area (Å²) in [6.07, 6.45) is 2.32. The Morgan fingerprint density at radius 1 is 1.57 bits per heavy atom. The molecule has 1 rings (SSSR count). The van der Waals surface area contributed by atoms with Crippen LogP contribution in [0.25, 0.3) is 0 Å². The Bertz CT molecular complexity index is 303. The Morgan fingerprint density at radius 2 is 2.29 bits per heavy atom. The van der Waals surface area contributed by atoms with Gasteiger partial charge >= 0.3 is 0 Å². The van der Waals surface area contributed by atoms with E-state index in [-0.39, 0.29) is 12.6 Å². The van der Waals surface area contributed by atoms with Crippen LogP contribution in [0.1, 0.15) is 13.3 Å². The van der Waals surface area contributed by atoms with Gasteiger partial charge in [0, 0.05) is 6.20 Å². The Labute approximate surface area is 93.1 Å². The summed E-state index contributed by atoms with van der Waals surface area (Å²) in [7, 11) is 0. The van der Waals surface area contributed by atoms with Crippen LogP contribution in [0, 0.1) is 0 Å². The van der Waals surface area contributed by atoms with Crippen LogP contribution in [0.5, 0.6) is 0 Å². The van der Waals surface area contributed by atoms with Crippen molar-refractivity contribution in [3.05, 3.63) is 22.3 Å². The minimum absolute atomic E-state index is 0.0267. The summed E-state index contributed by atoms with van der Waals surface area (Å²) in [6, 6.07) is 1.59. The van der Waals surface area contributed by atoms with Crippen LogP contribution in [0.4, 0.5) is 5.82 Å². The lowest BCUT2D eigenvalue weighted by Gasteiger charge is -2.15. The molecule has 0 aliphatic rings. The fraction of sp³-hybridized carbons (Fsp3) is 0.444. The summed E-state index contributed by atoms with van der Waals surface area (Å²) in [5, 5.41) is 13.0. The molecule has 2 N–H and O–H groups in total. The monoisotopic (exact) mass is 234 g/mol. The van der Waals surface area contributed by atoms with E-state index in [1.807, 2.05) is 6.92 Å². The summed E-state index contributed by atoms with van der Waals surface area (Å²) in [4.78, 5) is 4.03. The van der Waals surface area contributed by atoms with Crippen LogP contribution < -0.4 is 5.32 Å². The molecule has 3 nitrogen and oxygen atoms in total. The van der Waals surface area contributed by atoms with Gasteiger partial charge in [0.15, 0.2) is 0 Å². The molecule has 0 radical (unpaired) electrons. The molecule has 1 heterocycles. The molecule has 0 bridgehead atoms. The molecule has 0 spiro atoms. The number of nitrogens with zero attached hydrogens (tertiary/aromatic N) is 1. The van der Waals surface area contributed by atoms with Gasteiger partial charge in [0.1, 0.15) is 5.82 Å². The van der Waals surface area contributed by atoms with Gasteiger partial charge in [-0.1, -0.05) is 30.1 Å². The number of halogens is 2. The van der Waals surface area contributed by atoms with Crippen molar-refractivity contribution in [2.24, 2.45) is 0 Å². The van der Waals surface area contributed by atoms with Crippen LogP contribution >= 0.6 is 23.2 Å². The van der Waals surface area contributed by atoms with Gasteiger partial charge in [-0.05, 0) is 12.5 Å². The van der Waals surface area contributed by atoms with E-state index in [0.29, 0.717) is 15.9 Å².